The Hall–Kier alpha value is -3.62. The second-order valence-electron chi connectivity index (χ2n) is 7.43. The molecule has 0 saturated heterocycles. The second-order valence-corrected chi connectivity index (χ2v) is 10.2. The topological polar surface area (TPSA) is 82.9 Å². The van der Waals surface area contributed by atoms with Gasteiger partial charge in [-0.1, -0.05) is 60.7 Å². The molecule has 5 aromatic rings. The number of rotatable bonds is 6. The molecule has 0 radical (unpaired) electrons. The van der Waals surface area contributed by atoms with E-state index in [9.17, 15) is 13.2 Å². The SMILES string of the molecule is O=C(CSc1[nH]c2ccccc2[n+]1S(=O)(=O)c1ccccc1)Nc1ccc2ccccc2c1. The smallest absolute Gasteiger partial charge is 0.325 e. The van der Waals surface area contributed by atoms with Gasteiger partial charge in [0.2, 0.25) is 5.91 Å². The number of nitrogens with zero attached hydrogens (tertiary/aromatic N) is 1. The number of aromatic amines is 1. The maximum Gasteiger partial charge on any atom is 0.336 e. The van der Waals surface area contributed by atoms with Crippen molar-refractivity contribution < 1.29 is 17.2 Å². The molecule has 0 atom stereocenters. The van der Waals surface area contributed by atoms with Crippen molar-refractivity contribution >= 4 is 55.2 Å². The van der Waals surface area contributed by atoms with Gasteiger partial charge in [0.1, 0.15) is 4.90 Å². The second kappa shape index (κ2) is 8.73. The van der Waals surface area contributed by atoms with E-state index >= 15 is 0 Å². The fourth-order valence-corrected chi connectivity index (χ4v) is 6.25. The number of H-pyrrole nitrogens is 1. The van der Waals surface area contributed by atoms with Crippen LogP contribution in [0.15, 0.2) is 107 Å². The minimum atomic E-state index is -3.85. The van der Waals surface area contributed by atoms with Gasteiger partial charge in [0.05, 0.1) is 5.75 Å². The summed E-state index contributed by atoms with van der Waals surface area (Å²) < 4.78 is 28.1. The summed E-state index contributed by atoms with van der Waals surface area (Å²) in [5.41, 5.74) is 1.90. The minimum Gasteiger partial charge on any atom is -0.325 e. The van der Waals surface area contributed by atoms with Crippen molar-refractivity contribution in [3.63, 3.8) is 0 Å². The molecular weight excluding hydrogens is 454 g/mol. The highest BCUT2D eigenvalue weighted by molar-refractivity contribution is 8.00. The lowest BCUT2D eigenvalue weighted by atomic mass is 10.1. The highest BCUT2D eigenvalue weighted by Crippen LogP contribution is 2.23. The zero-order valence-corrected chi connectivity index (χ0v) is 19.1. The molecule has 1 amide bonds. The number of para-hydroxylation sites is 2. The lowest BCUT2D eigenvalue weighted by Crippen LogP contribution is -2.44. The van der Waals surface area contributed by atoms with Gasteiger partial charge in [0.15, 0.2) is 11.0 Å². The summed E-state index contributed by atoms with van der Waals surface area (Å²) in [6, 6.07) is 29.1. The number of imidazole rings is 1. The van der Waals surface area contributed by atoms with Crippen LogP contribution in [-0.4, -0.2) is 25.1 Å². The highest BCUT2D eigenvalue weighted by Gasteiger charge is 2.31. The molecule has 0 bridgehead atoms. The van der Waals surface area contributed by atoms with E-state index in [0.29, 0.717) is 21.9 Å². The summed E-state index contributed by atoms with van der Waals surface area (Å²) in [6.45, 7) is 0. The number of anilines is 1. The van der Waals surface area contributed by atoms with Crippen LogP contribution in [-0.2, 0) is 14.8 Å². The number of amides is 1. The van der Waals surface area contributed by atoms with E-state index in [-0.39, 0.29) is 16.6 Å². The number of hydrogen-bond acceptors (Lipinski definition) is 4. The molecule has 0 spiro atoms. The van der Waals surface area contributed by atoms with Crippen LogP contribution in [0, 0.1) is 0 Å². The molecule has 0 fully saturated rings. The van der Waals surface area contributed by atoms with Crippen LogP contribution in [0.3, 0.4) is 0 Å². The molecule has 0 unspecified atom stereocenters. The van der Waals surface area contributed by atoms with E-state index in [1.54, 1.807) is 42.5 Å². The van der Waals surface area contributed by atoms with E-state index in [1.165, 1.54) is 3.97 Å². The number of carbonyl (C=O) groups is 1. The number of aromatic nitrogens is 2. The average molecular weight is 475 g/mol. The number of fused-ring (bicyclic) bond motifs is 2. The Morgan fingerprint density at radius 1 is 0.848 bits per heavy atom. The molecule has 1 aromatic heterocycles. The van der Waals surface area contributed by atoms with Gasteiger partial charge in [-0.25, -0.2) is 4.98 Å². The third-order valence-corrected chi connectivity index (χ3v) is 8.01. The molecule has 6 nitrogen and oxygen atoms in total. The van der Waals surface area contributed by atoms with E-state index in [1.807, 2.05) is 54.6 Å². The van der Waals surface area contributed by atoms with Crippen LogP contribution in [0.1, 0.15) is 0 Å². The number of benzene rings is 4. The van der Waals surface area contributed by atoms with Crippen LogP contribution in [0.2, 0.25) is 0 Å². The van der Waals surface area contributed by atoms with Crippen molar-refractivity contribution in [2.75, 3.05) is 11.1 Å². The zero-order valence-electron chi connectivity index (χ0n) is 17.4. The first kappa shape index (κ1) is 21.2. The van der Waals surface area contributed by atoms with E-state index in [0.717, 1.165) is 22.5 Å². The van der Waals surface area contributed by atoms with Crippen LogP contribution in [0.4, 0.5) is 5.69 Å². The normalized spacial score (nSPS) is 11.6. The highest BCUT2D eigenvalue weighted by atomic mass is 32.2. The molecule has 0 aliphatic heterocycles. The summed E-state index contributed by atoms with van der Waals surface area (Å²) in [6.07, 6.45) is 0. The van der Waals surface area contributed by atoms with Crippen molar-refractivity contribution in [1.29, 1.82) is 0 Å². The summed E-state index contributed by atoms with van der Waals surface area (Å²) >= 11 is 1.14. The number of thioether (sulfide) groups is 1. The van der Waals surface area contributed by atoms with Crippen molar-refractivity contribution in [2.45, 2.75) is 10.1 Å². The van der Waals surface area contributed by atoms with E-state index in [2.05, 4.69) is 10.3 Å². The Morgan fingerprint density at radius 2 is 1.55 bits per heavy atom. The van der Waals surface area contributed by atoms with Crippen LogP contribution < -0.4 is 9.29 Å². The molecule has 0 saturated carbocycles. The fourth-order valence-electron chi connectivity index (χ4n) is 3.66. The van der Waals surface area contributed by atoms with Gasteiger partial charge in [-0.15, -0.1) is 3.97 Å². The molecule has 0 aliphatic carbocycles. The maximum atomic E-state index is 13.4. The predicted octanol–water partition coefficient (Wildman–Crippen LogP) is 4.58. The average Bonchev–Trinajstić information content (AvgIpc) is 3.22. The molecule has 1 heterocycles. The van der Waals surface area contributed by atoms with Crippen molar-refractivity contribution in [3.8, 4) is 0 Å². The number of hydrogen-bond donors (Lipinski definition) is 2. The van der Waals surface area contributed by atoms with Gasteiger partial charge in [-0.05, 0) is 58.9 Å². The standard InChI is InChI=1S/C25H19N3O3S2/c29-24(26-20-15-14-18-8-4-5-9-19(18)16-20)17-32-25-27-22-12-6-7-13-23(22)28(25)33(30,31)21-10-2-1-3-11-21/h1-16H,17H2,(H,26,29)/p+1. The summed E-state index contributed by atoms with van der Waals surface area (Å²) in [7, 11) is -3.85. The number of nitrogens with one attached hydrogen (secondary N) is 2. The Balaban J connectivity index is 1.42. The van der Waals surface area contributed by atoms with E-state index in [4.69, 9.17) is 0 Å². The first-order valence-corrected chi connectivity index (χ1v) is 12.7. The third-order valence-electron chi connectivity index (χ3n) is 5.20. The largest absolute Gasteiger partial charge is 0.336 e. The first-order valence-electron chi connectivity index (χ1n) is 10.3. The van der Waals surface area contributed by atoms with Gasteiger partial charge in [0.25, 0.3) is 0 Å². The molecule has 8 heteroatoms. The van der Waals surface area contributed by atoms with Crippen LogP contribution in [0.25, 0.3) is 21.8 Å². The monoisotopic (exact) mass is 474 g/mol. The van der Waals surface area contributed by atoms with Crippen LogP contribution in [0.5, 0.6) is 0 Å². The molecule has 2 N–H and O–H groups in total. The van der Waals surface area contributed by atoms with Gasteiger partial charge < -0.3 is 5.32 Å². The number of carbonyl (C=O) groups excluding carboxylic acids is 1. The predicted molar refractivity (Wildman–Crippen MR) is 131 cm³/mol. The van der Waals surface area contributed by atoms with E-state index < -0.39 is 10.0 Å². The summed E-state index contributed by atoms with van der Waals surface area (Å²) in [5, 5.41) is 5.39. The third kappa shape index (κ3) is 4.22. The Morgan fingerprint density at radius 3 is 2.36 bits per heavy atom. The molecule has 5 rings (SSSR count). The van der Waals surface area contributed by atoms with Crippen molar-refractivity contribution in [3.05, 3.63) is 97.1 Å². The lowest BCUT2D eigenvalue weighted by molar-refractivity contribution is -0.526. The Bertz CT molecular complexity index is 1580. The maximum absolute atomic E-state index is 13.4. The van der Waals surface area contributed by atoms with Crippen molar-refractivity contribution in [1.82, 2.24) is 4.98 Å². The Kier molecular flexibility index (Phi) is 5.62. The fraction of sp³-hybridized carbons (Fsp3) is 0.0400. The summed E-state index contributed by atoms with van der Waals surface area (Å²) in [4.78, 5) is 16.0. The molecule has 164 valence electrons. The van der Waals surface area contributed by atoms with Gasteiger partial charge in [0, 0.05) is 5.69 Å². The molecular formula is C25H20N3O3S2+. The quantitative estimate of drug-likeness (QED) is 0.279. The summed E-state index contributed by atoms with van der Waals surface area (Å²) in [5.74, 6) is -0.179. The minimum absolute atomic E-state index is 0.0456. The first-order chi connectivity index (χ1) is 16.0. The molecule has 33 heavy (non-hydrogen) atoms. The Labute approximate surface area is 195 Å². The van der Waals surface area contributed by atoms with Crippen molar-refractivity contribution in [2.24, 2.45) is 0 Å². The lowest BCUT2D eigenvalue weighted by Gasteiger charge is -2.06. The molecule has 0 aliphatic rings. The molecule has 4 aromatic carbocycles. The zero-order chi connectivity index (χ0) is 22.8. The van der Waals surface area contributed by atoms with Crippen LogP contribution >= 0.6 is 11.8 Å². The van der Waals surface area contributed by atoms with Gasteiger partial charge in [-0.2, -0.15) is 8.42 Å². The van der Waals surface area contributed by atoms with Gasteiger partial charge in [-0.3, -0.25) is 4.79 Å². The van der Waals surface area contributed by atoms with Gasteiger partial charge >= 0.3 is 15.2 Å².